The van der Waals surface area contributed by atoms with E-state index in [-0.39, 0.29) is 39.1 Å². The zero-order valence-electron chi connectivity index (χ0n) is 23.5. The van der Waals surface area contributed by atoms with Gasteiger partial charge in [0.1, 0.15) is 12.6 Å². The highest BCUT2D eigenvalue weighted by molar-refractivity contribution is 7.92. The minimum absolute atomic E-state index is 0.00992. The summed E-state index contributed by atoms with van der Waals surface area (Å²) in [5, 5.41) is 3.98. The van der Waals surface area contributed by atoms with Crippen LogP contribution in [0.3, 0.4) is 0 Å². The topological polar surface area (TPSA) is 86.8 Å². The molecular weight excluding hydrogens is 617 g/mol. The van der Waals surface area contributed by atoms with E-state index in [4.69, 9.17) is 34.8 Å². The van der Waals surface area contributed by atoms with E-state index in [1.54, 1.807) is 43.3 Å². The highest BCUT2D eigenvalue weighted by atomic mass is 35.5. The third-order valence-corrected chi connectivity index (χ3v) is 10.0. The molecule has 4 rings (SSSR count). The Hall–Kier alpha value is -2.78. The van der Waals surface area contributed by atoms with Gasteiger partial charge in [-0.3, -0.25) is 13.9 Å². The molecule has 0 heterocycles. The van der Waals surface area contributed by atoms with Gasteiger partial charge in [0.25, 0.3) is 10.0 Å². The molecule has 0 spiro atoms. The Balaban J connectivity index is 1.70. The van der Waals surface area contributed by atoms with E-state index in [1.165, 1.54) is 35.2 Å². The first kappa shape index (κ1) is 32.1. The SMILES string of the molecule is Cc1ccc(S(=O)(=O)N(CC(=O)N(Cc2ccc(Cl)cc2)[C@@H](C)C(=O)NC2CCCCC2)c2cc(Cl)ccc2Cl)cc1. The summed E-state index contributed by atoms with van der Waals surface area (Å²) in [5.41, 5.74) is 1.67. The fraction of sp³-hybridized carbons (Fsp3) is 0.355. The van der Waals surface area contributed by atoms with Crippen LogP contribution in [0.2, 0.25) is 15.1 Å². The maximum Gasteiger partial charge on any atom is 0.264 e. The van der Waals surface area contributed by atoms with Crippen LogP contribution >= 0.6 is 34.8 Å². The van der Waals surface area contributed by atoms with E-state index in [9.17, 15) is 18.0 Å². The van der Waals surface area contributed by atoms with Crippen LogP contribution in [0.1, 0.15) is 50.2 Å². The predicted octanol–water partition coefficient (Wildman–Crippen LogP) is 7.02. The normalized spacial score (nSPS) is 14.7. The highest BCUT2D eigenvalue weighted by Gasteiger charge is 2.34. The molecule has 0 bridgehead atoms. The Morgan fingerprint density at radius 1 is 0.905 bits per heavy atom. The van der Waals surface area contributed by atoms with Crippen LogP contribution in [-0.2, 0) is 26.2 Å². The van der Waals surface area contributed by atoms with Crippen molar-refractivity contribution in [1.82, 2.24) is 10.2 Å². The lowest BCUT2D eigenvalue weighted by molar-refractivity contribution is -0.139. The number of benzene rings is 3. The van der Waals surface area contributed by atoms with E-state index in [2.05, 4.69) is 5.32 Å². The smallest absolute Gasteiger partial charge is 0.264 e. The van der Waals surface area contributed by atoms with Gasteiger partial charge in [0.2, 0.25) is 11.8 Å². The van der Waals surface area contributed by atoms with E-state index in [0.29, 0.717) is 5.02 Å². The van der Waals surface area contributed by atoms with Gasteiger partial charge in [-0.1, -0.05) is 83.9 Å². The summed E-state index contributed by atoms with van der Waals surface area (Å²) in [6, 6.07) is 16.8. The molecule has 0 unspecified atom stereocenters. The van der Waals surface area contributed by atoms with Crippen LogP contribution in [0.15, 0.2) is 71.6 Å². The van der Waals surface area contributed by atoms with Crippen molar-refractivity contribution >= 4 is 62.3 Å². The number of anilines is 1. The lowest BCUT2D eigenvalue weighted by Gasteiger charge is -2.33. The van der Waals surface area contributed by atoms with E-state index < -0.39 is 28.5 Å². The van der Waals surface area contributed by atoms with Crippen molar-refractivity contribution in [2.45, 2.75) is 69.5 Å². The minimum Gasteiger partial charge on any atom is -0.352 e. The summed E-state index contributed by atoms with van der Waals surface area (Å²) in [7, 11) is -4.26. The molecule has 1 fully saturated rings. The van der Waals surface area contributed by atoms with Crippen molar-refractivity contribution < 1.29 is 18.0 Å². The molecule has 42 heavy (non-hydrogen) atoms. The summed E-state index contributed by atoms with van der Waals surface area (Å²) in [6.07, 6.45) is 5.00. The maximum absolute atomic E-state index is 14.1. The van der Waals surface area contributed by atoms with E-state index in [1.807, 2.05) is 6.92 Å². The van der Waals surface area contributed by atoms with Gasteiger partial charge in [-0.2, -0.15) is 0 Å². The Morgan fingerprint density at radius 3 is 2.17 bits per heavy atom. The molecule has 1 aliphatic carbocycles. The van der Waals surface area contributed by atoms with Gasteiger partial charge >= 0.3 is 0 Å². The van der Waals surface area contributed by atoms with Crippen LogP contribution < -0.4 is 9.62 Å². The molecule has 224 valence electrons. The number of carbonyl (C=O) groups is 2. The Kier molecular flexibility index (Phi) is 10.8. The van der Waals surface area contributed by atoms with Crippen LogP contribution in [0.4, 0.5) is 5.69 Å². The molecule has 7 nitrogen and oxygen atoms in total. The third kappa shape index (κ3) is 7.98. The number of sulfonamides is 1. The number of hydrogen-bond acceptors (Lipinski definition) is 4. The number of halogens is 3. The predicted molar refractivity (Wildman–Crippen MR) is 169 cm³/mol. The van der Waals surface area contributed by atoms with Crippen LogP contribution in [0.25, 0.3) is 0 Å². The average Bonchev–Trinajstić information content (AvgIpc) is 2.97. The molecule has 1 atom stereocenters. The van der Waals surface area contributed by atoms with Gasteiger partial charge in [0.05, 0.1) is 15.6 Å². The van der Waals surface area contributed by atoms with E-state index >= 15 is 0 Å². The number of carbonyl (C=O) groups excluding carboxylic acids is 2. The van der Waals surface area contributed by atoms with Gasteiger partial charge in [0, 0.05) is 22.6 Å². The summed E-state index contributed by atoms with van der Waals surface area (Å²) in [6.45, 7) is 2.96. The molecule has 0 radical (unpaired) electrons. The first-order chi connectivity index (χ1) is 20.0. The van der Waals surface area contributed by atoms with Gasteiger partial charge in [-0.05, 0) is 74.7 Å². The van der Waals surface area contributed by atoms with Crippen LogP contribution in [-0.4, -0.2) is 43.8 Å². The average molecular weight is 651 g/mol. The van der Waals surface area contributed by atoms with Crippen molar-refractivity contribution in [2.75, 3.05) is 10.8 Å². The second kappa shape index (κ2) is 14.1. The molecule has 1 aliphatic rings. The van der Waals surface area contributed by atoms with Gasteiger partial charge in [0.15, 0.2) is 0 Å². The Labute approximate surface area is 262 Å². The minimum atomic E-state index is -4.26. The second-order valence-corrected chi connectivity index (χ2v) is 13.7. The first-order valence-electron chi connectivity index (χ1n) is 13.8. The molecular formula is C31H34Cl3N3O4S. The first-order valence-corrected chi connectivity index (χ1v) is 16.4. The Morgan fingerprint density at radius 2 is 1.52 bits per heavy atom. The largest absolute Gasteiger partial charge is 0.352 e. The lowest BCUT2D eigenvalue weighted by Crippen LogP contribution is -2.53. The summed E-state index contributed by atoms with van der Waals surface area (Å²) in [5.74, 6) is -0.874. The fourth-order valence-corrected chi connectivity index (χ4v) is 6.95. The fourth-order valence-electron chi connectivity index (χ4n) is 4.97. The summed E-state index contributed by atoms with van der Waals surface area (Å²) < 4.78 is 28.9. The van der Waals surface area contributed by atoms with Crippen LogP contribution in [0.5, 0.6) is 0 Å². The van der Waals surface area contributed by atoms with Crippen molar-refractivity contribution in [2.24, 2.45) is 0 Å². The van der Waals surface area contributed by atoms with Crippen molar-refractivity contribution in [3.63, 3.8) is 0 Å². The molecule has 0 aromatic heterocycles. The van der Waals surface area contributed by atoms with Gasteiger partial charge < -0.3 is 10.2 Å². The number of rotatable bonds is 10. The quantitative estimate of drug-likeness (QED) is 0.256. The summed E-state index contributed by atoms with van der Waals surface area (Å²) in [4.78, 5) is 28.9. The summed E-state index contributed by atoms with van der Waals surface area (Å²) >= 11 is 18.8. The molecule has 11 heteroatoms. The second-order valence-electron chi connectivity index (χ2n) is 10.6. The van der Waals surface area contributed by atoms with Crippen molar-refractivity contribution in [3.05, 3.63) is 92.9 Å². The zero-order valence-corrected chi connectivity index (χ0v) is 26.6. The Bertz CT molecular complexity index is 1510. The van der Waals surface area contributed by atoms with Gasteiger partial charge in [-0.15, -0.1) is 0 Å². The molecule has 3 aromatic carbocycles. The van der Waals surface area contributed by atoms with Crippen molar-refractivity contribution in [3.8, 4) is 0 Å². The number of hydrogen-bond donors (Lipinski definition) is 1. The molecule has 0 aliphatic heterocycles. The molecule has 0 saturated heterocycles. The van der Waals surface area contributed by atoms with Gasteiger partial charge in [-0.25, -0.2) is 8.42 Å². The molecule has 3 aromatic rings. The monoisotopic (exact) mass is 649 g/mol. The van der Waals surface area contributed by atoms with Crippen molar-refractivity contribution in [1.29, 1.82) is 0 Å². The third-order valence-electron chi connectivity index (χ3n) is 7.45. The standard InChI is InChI=1S/C31H34Cl3N3O4S/c1-21-8-15-27(16-9-21)42(40,41)37(29-18-25(33)14-17-28(29)34)20-30(38)36(19-23-10-12-24(32)13-11-23)22(2)31(39)35-26-6-4-3-5-7-26/h8-18,22,26H,3-7,19-20H2,1-2H3,(H,35,39)/t22-/m0/s1. The number of aryl methyl sites for hydroxylation is 1. The van der Waals surface area contributed by atoms with E-state index in [0.717, 1.165) is 47.5 Å². The number of amides is 2. The maximum atomic E-state index is 14.1. The highest BCUT2D eigenvalue weighted by Crippen LogP contribution is 2.33. The zero-order chi connectivity index (χ0) is 30.4. The molecule has 2 amide bonds. The number of nitrogens with zero attached hydrogens (tertiary/aromatic N) is 2. The molecule has 1 saturated carbocycles. The number of nitrogens with one attached hydrogen (secondary N) is 1. The van der Waals surface area contributed by atoms with Crippen LogP contribution in [0, 0.1) is 6.92 Å². The molecule has 1 N–H and O–H groups in total. The lowest BCUT2D eigenvalue weighted by atomic mass is 9.95.